The summed E-state index contributed by atoms with van der Waals surface area (Å²) >= 11 is 0. The molecule has 4 heteroatoms. The predicted molar refractivity (Wildman–Crippen MR) is 79.1 cm³/mol. The molecule has 108 valence electrons. The quantitative estimate of drug-likeness (QED) is 0.855. The first-order valence-electron chi connectivity index (χ1n) is 7.31. The average molecular weight is 281 g/mol. The Morgan fingerprint density at radius 3 is 2.71 bits per heavy atom. The van der Waals surface area contributed by atoms with Crippen LogP contribution in [0.15, 0.2) is 24.3 Å². The van der Waals surface area contributed by atoms with E-state index in [4.69, 9.17) is 5.26 Å². The van der Waals surface area contributed by atoms with Gasteiger partial charge >= 0.3 is 0 Å². The molecule has 0 bridgehead atoms. The van der Waals surface area contributed by atoms with E-state index in [1.54, 1.807) is 24.3 Å². The lowest BCUT2D eigenvalue weighted by Gasteiger charge is -2.30. The SMILES string of the molecule is CC1CCN(C(=O)CC(C#N)c2cccc(C#N)c2)CC1. The fourth-order valence-corrected chi connectivity index (χ4v) is 2.62. The molecule has 1 amide bonds. The highest BCUT2D eigenvalue weighted by molar-refractivity contribution is 5.77. The highest BCUT2D eigenvalue weighted by Crippen LogP contribution is 2.23. The number of nitriles is 2. The van der Waals surface area contributed by atoms with Gasteiger partial charge in [-0.1, -0.05) is 19.1 Å². The molecule has 0 N–H and O–H groups in total. The van der Waals surface area contributed by atoms with Gasteiger partial charge in [-0.3, -0.25) is 4.79 Å². The number of nitrogens with zero attached hydrogens (tertiary/aromatic N) is 3. The molecule has 1 unspecified atom stereocenters. The van der Waals surface area contributed by atoms with E-state index in [1.807, 2.05) is 4.90 Å². The Kier molecular flexibility index (Phi) is 4.95. The molecular formula is C17H19N3O. The normalized spacial score (nSPS) is 16.8. The molecule has 0 spiro atoms. The lowest BCUT2D eigenvalue weighted by Crippen LogP contribution is -2.38. The standard InChI is InChI=1S/C17H19N3O/c1-13-5-7-20(8-6-13)17(21)10-16(12-19)15-4-2-3-14(9-15)11-18/h2-4,9,13,16H,5-8,10H2,1H3. The van der Waals surface area contributed by atoms with Crippen molar-refractivity contribution < 1.29 is 4.79 Å². The van der Waals surface area contributed by atoms with E-state index in [2.05, 4.69) is 19.1 Å². The number of rotatable bonds is 3. The van der Waals surface area contributed by atoms with E-state index < -0.39 is 5.92 Å². The first-order valence-corrected chi connectivity index (χ1v) is 7.31. The molecule has 1 heterocycles. The van der Waals surface area contributed by atoms with Crippen molar-refractivity contribution >= 4 is 5.91 Å². The summed E-state index contributed by atoms with van der Waals surface area (Å²) in [5.74, 6) is 0.231. The fourth-order valence-electron chi connectivity index (χ4n) is 2.62. The summed E-state index contributed by atoms with van der Waals surface area (Å²) in [4.78, 5) is 14.2. The second-order valence-electron chi connectivity index (χ2n) is 5.69. The Bertz CT molecular complexity index is 589. The summed E-state index contributed by atoms with van der Waals surface area (Å²) in [6.45, 7) is 3.78. The average Bonchev–Trinajstić information content (AvgIpc) is 2.53. The smallest absolute Gasteiger partial charge is 0.224 e. The minimum absolute atomic E-state index is 0.0378. The topological polar surface area (TPSA) is 67.9 Å². The van der Waals surface area contributed by atoms with Crippen molar-refractivity contribution in [1.29, 1.82) is 10.5 Å². The maximum Gasteiger partial charge on any atom is 0.224 e. The van der Waals surface area contributed by atoms with Crippen LogP contribution >= 0.6 is 0 Å². The zero-order chi connectivity index (χ0) is 15.2. The largest absolute Gasteiger partial charge is 0.343 e. The minimum atomic E-state index is -0.481. The van der Waals surface area contributed by atoms with Crippen LogP contribution in [0.25, 0.3) is 0 Å². The van der Waals surface area contributed by atoms with Crippen LogP contribution in [0.2, 0.25) is 0 Å². The van der Waals surface area contributed by atoms with Crippen LogP contribution in [-0.4, -0.2) is 23.9 Å². The highest BCUT2D eigenvalue weighted by Gasteiger charge is 2.23. The van der Waals surface area contributed by atoms with Crippen LogP contribution in [0.3, 0.4) is 0 Å². The number of hydrogen-bond acceptors (Lipinski definition) is 3. The molecule has 1 aliphatic heterocycles. The third-order valence-corrected chi connectivity index (χ3v) is 4.09. The number of carbonyl (C=O) groups excluding carboxylic acids is 1. The van der Waals surface area contributed by atoms with Gasteiger partial charge in [0.1, 0.15) is 0 Å². The molecule has 1 fully saturated rings. The zero-order valence-electron chi connectivity index (χ0n) is 12.2. The molecule has 0 aliphatic carbocycles. The summed E-state index contributed by atoms with van der Waals surface area (Å²) in [6.07, 6.45) is 2.26. The maximum atomic E-state index is 12.3. The van der Waals surface area contributed by atoms with Crippen LogP contribution in [0, 0.1) is 28.6 Å². The lowest BCUT2D eigenvalue weighted by atomic mass is 9.94. The summed E-state index contributed by atoms with van der Waals surface area (Å²) in [7, 11) is 0. The zero-order valence-corrected chi connectivity index (χ0v) is 12.2. The van der Waals surface area contributed by atoms with Gasteiger partial charge in [-0.15, -0.1) is 0 Å². The first-order chi connectivity index (χ1) is 10.1. The van der Waals surface area contributed by atoms with Gasteiger partial charge in [0.2, 0.25) is 5.91 Å². The number of hydrogen-bond donors (Lipinski definition) is 0. The van der Waals surface area contributed by atoms with Crippen molar-refractivity contribution in [3.05, 3.63) is 35.4 Å². The second kappa shape index (κ2) is 6.90. The molecule has 4 nitrogen and oxygen atoms in total. The van der Waals surface area contributed by atoms with E-state index in [9.17, 15) is 10.1 Å². The number of likely N-dealkylation sites (tertiary alicyclic amines) is 1. The van der Waals surface area contributed by atoms with Gasteiger partial charge in [0.15, 0.2) is 0 Å². The molecule has 1 aromatic carbocycles. The van der Waals surface area contributed by atoms with Crippen molar-refractivity contribution in [2.75, 3.05) is 13.1 Å². The van der Waals surface area contributed by atoms with Crippen LogP contribution < -0.4 is 0 Å². The van der Waals surface area contributed by atoms with Gasteiger partial charge in [-0.25, -0.2) is 0 Å². The third kappa shape index (κ3) is 3.83. The number of piperidine rings is 1. The Hall–Kier alpha value is -2.33. The Balaban J connectivity index is 2.04. The molecule has 21 heavy (non-hydrogen) atoms. The Labute approximate surface area is 125 Å². The molecule has 1 aromatic rings. The van der Waals surface area contributed by atoms with E-state index >= 15 is 0 Å². The van der Waals surface area contributed by atoms with Crippen LogP contribution in [0.5, 0.6) is 0 Å². The van der Waals surface area contributed by atoms with E-state index in [0.717, 1.165) is 31.5 Å². The van der Waals surface area contributed by atoms with Crippen molar-refractivity contribution in [3.63, 3.8) is 0 Å². The van der Waals surface area contributed by atoms with E-state index in [0.29, 0.717) is 11.5 Å². The first kappa shape index (κ1) is 15.1. The van der Waals surface area contributed by atoms with Gasteiger partial charge in [-0.2, -0.15) is 10.5 Å². The maximum absolute atomic E-state index is 12.3. The molecular weight excluding hydrogens is 262 g/mol. The highest BCUT2D eigenvalue weighted by atomic mass is 16.2. The van der Waals surface area contributed by atoms with Crippen molar-refractivity contribution in [2.45, 2.75) is 32.1 Å². The Morgan fingerprint density at radius 1 is 1.38 bits per heavy atom. The van der Waals surface area contributed by atoms with Gasteiger partial charge in [-0.05, 0) is 36.5 Å². The Morgan fingerprint density at radius 2 is 2.10 bits per heavy atom. The monoisotopic (exact) mass is 281 g/mol. The van der Waals surface area contributed by atoms with Gasteiger partial charge < -0.3 is 4.90 Å². The van der Waals surface area contributed by atoms with Crippen LogP contribution in [0.1, 0.15) is 43.2 Å². The second-order valence-corrected chi connectivity index (χ2v) is 5.69. The summed E-state index contributed by atoms with van der Waals surface area (Å²) in [5.41, 5.74) is 1.27. The fraction of sp³-hybridized carbons (Fsp3) is 0.471. The molecule has 1 aliphatic rings. The van der Waals surface area contributed by atoms with E-state index in [-0.39, 0.29) is 12.3 Å². The van der Waals surface area contributed by atoms with E-state index in [1.165, 1.54) is 0 Å². The van der Waals surface area contributed by atoms with Gasteiger partial charge in [0.05, 0.1) is 23.6 Å². The molecule has 1 saturated heterocycles. The predicted octanol–water partition coefficient (Wildman–Crippen LogP) is 2.81. The van der Waals surface area contributed by atoms with Crippen molar-refractivity contribution in [3.8, 4) is 12.1 Å². The third-order valence-electron chi connectivity index (χ3n) is 4.09. The van der Waals surface area contributed by atoms with Gasteiger partial charge in [0, 0.05) is 19.5 Å². The number of amides is 1. The molecule has 0 radical (unpaired) electrons. The summed E-state index contributed by atoms with van der Waals surface area (Å²) in [5, 5.41) is 18.2. The van der Waals surface area contributed by atoms with Crippen LogP contribution in [0.4, 0.5) is 0 Å². The van der Waals surface area contributed by atoms with Gasteiger partial charge in [0.25, 0.3) is 0 Å². The molecule has 2 rings (SSSR count). The molecule has 1 atom stereocenters. The lowest BCUT2D eigenvalue weighted by molar-refractivity contribution is -0.132. The summed E-state index contributed by atoms with van der Waals surface area (Å²) < 4.78 is 0. The molecule has 0 saturated carbocycles. The van der Waals surface area contributed by atoms with Crippen molar-refractivity contribution in [2.24, 2.45) is 5.92 Å². The summed E-state index contributed by atoms with van der Waals surface area (Å²) in [6, 6.07) is 11.2. The molecule has 0 aromatic heterocycles. The number of benzene rings is 1. The van der Waals surface area contributed by atoms with Crippen LogP contribution in [-0.2, 0) is 4.79 Å². The van der Waals surface area contributed by atoms with Crippen molar-refractivity contribution in [1.82, 2.24) is 4.90 Å². The minimum Gasteiger partial charge on any atom is -0.343 e. The number of carbonyl (C=O) groups is 1.